The number of anilines is 1. The maximum Gasteiger partial charge on any atom is 0.265 e. The van der Waals surface area contributed by atoms with Gasteiger partial charge < -0.3 is 14.2 Å². The summed E-state index contributed by atoms with van der Waals surface area (Å²) < 4.78 is 15.6. The van der Waals surface area contributed by atoms with E-state index in [1.165, 1.54) is 32.7 Å². The van der Waals surface area contributed by atoms with E-state index in [0.717, 1.165) is 0 Å². The van der Waals surface area contributed by atoms with Gasteiger partial charge in [-0.25, -0.2) is 4.98 Å². The second-order valence-corrected chi connectivity index (χ2v) is 4.59. The number of thiazole rings is 1. The Labute approximate surface area is 120 Å². The van der Waals surface area contributed by atoms with E-state index in [4.69, 9.17) is 14.2 Å². The lowest BCUT2D eigenvalue weighted by Crippen LogP contribution is -2.14. The van der Waals surface area contributed by atoms with Crippen molar-refractivity contribution >= 4 is 22.4 Å². The molecule has 0 atom stereocenters. The second-order valence-electron chi connectivity index (χ2n) is 3.70. The van der Waals surface area contributed by atoms with Crippen molar-refractivity contribution in [1.82, 2.24) is 4.98 Å². The van der Waals surface area contributed by atoms with Gasteiger partial charge in [-0.1, -0.05) is 0 Å². The molecule has 0 aliphatic heterocycles. The van der Waals surface area contributed by atoms with Crippen LogP contribution < -0.4 is 19.5 Å². The van der Waals surface area contributed by atoms with Crippen LogP contribution in [0.5, 0.6) is 17.2 Å². The number of rotatable bonds is 5. The number of aromatic nitrogens is 1. The normalized spacial score (nSPS) is 9.95. The van der Waals surface area contributed by atoms with Crippen molar-refractivity contribution in [3.63, 3.8) is 0 Å². The standard InChI is InChI=1S/C13H14N2O4S/c1-17-8-6-9(18-2)11(10(7-8)19-3)12(16)15-13-14-4-5-20-13/h4-7H,1-3H3,(H,14,15,16). The molecule has 0 radical (unpaired) electrons. The summed E-state index contributed by atoms with van der Waals surface area (Å²) >= 11 is 1.33. The molecule has 0 saturated carbocycles. The fourth-order valence-electron chi connectivity index (χ4n) is 1.67. The third-order valence-corrected chi connectivity index (χ3v) is 3.28. The molecule has 7 heteroatoms. The van der Waals surface area contributed by atoms with Crippen LogP contribution in [-0.2, 0) is 0 Å². The van der Waals surface area contributed by atoms with E-state index in [9.17, 15) is 4.79 Å². The monoisotopic (exact) mass is 294 g/mol. The summed E-state index contributed by atoms with van der Waals surface area (Å²) in [5.41, 5.74) is 0.297. The summed E-state index contributed by atoms with van der Waals surface area (Å²) in [6.07, 6.45) is 1.61. The molecular weight excluding hydrogens is 280 g/mol. The van der Waals surface area contributed by atoms with Crippen LogP contribution in [0.25, 0.3) is 0 Å². The van der Waals surface area contributed by atoms with Gasteiger partial charge >= 0.3 is 0 Å². The highest BCUT2D eigenvalue weighted by atomic mass is 32.1. The van der Waals surface area contributed by atoms with Gasteiger partial charge in [0.05, 0.1) is 21.3 Å². The summed E-state index contributed by atoms with van der Waals surface area (Å²) in [6.45, 7) is 0. The van der Waals surface area contributed by atoms with E-state index in [1.807, 2.05) is 0 Å². The highest BCUT2D eigenvalue weighted by Gasteiger charge is 2.21. The van der Waals surface area contributed by atoms with Crippen molar-refractivity contribution in [3.05, 3.63) is 29.3 Å². The van der Waals surface area contributed by atoms with E-state index < -0.39 is 0 Å². The lowest BCUT2D eigenvalue weighted by atomic mass is 10.1. The van der Waals surface area contributed by atoms with Gasteiger partial charge in [-0.2, -0.15) is 0 Å². The van der Waals surface area contributed by atoms with Gasteiger partial charge in [-0.15, -0.1) is 11.3 Å². The van der Waals surface area contributed by atoms with Gasteiger partial charge in [-0.05, 0) is 0 Å². The van der Waals surface area contributed by atoms with Crippen LogP contribution in [0.2, 0.25) is 0 Å². The van der Waals surface area contributed by atoms with Crippen LogP contribution in [-0.4, -0.2) is 32.2 Å². The highest BCUT2D eigenvalue weighted by Crippen LogP contribution is 2.34. The molecule has 0 unspecified atom stereocenters. The van der Waals surface area contributed by atoms with E-state index in [0.29, 0.717) is 27.9 Å². The molecule has 1 heterocycles. The quantitative estimate of drug-likeness (QED) is 0.917. The zero-order valence-corrected chi connectivity index (χ0v) is 12.1. The molecule has 1 amide bonds. The van der Waals surface area contributed by atoms with Crippen molar-refractivity contribution < 1.29 is 19.0 Å². The van der Waals surface area contributed by atoms with Gasteiger partial charge in [0, 0.05) is 23.7 Å². The molecule has 1 N–H and O–H groups in total. The first kappa shape index (κ1) is 14.1. The molecule has 6 nitrogen and oxygen atoms in total. The number of hydrogen-bond donors (Lipinski definition) is 1. The number of nitrogens with one attached hydrogen (secondary N) is 1. The molecular formula is C13H14N2O4S. The van der Waals surface area contributed by atoms with Crippen LogP contribution >= 0.6 is 11.3 Å². The van der Waals surface area contributed by atoms with E-state index >= 15 is 0 Å². The minimum absolute atomic E-state index is 0.297. The third-order valence-electron chi connectivity index (χ3n) is 2.59. The zero-order valence-electron chi connectivity index (χ0n) is 11.3. The lowest BCUT2D eigenvalue weighted by molar-refractivity contribution is 0.102. The number of methoxy groups -OCH3 is 3. The number of benzene rings is 1. The topological polar surface area (TPSA) is 69.7 Å². The Morgan fingerprint density at radius 1 is 1.15 bits per heavy atom. The lowest BCUT2D eigenvalue weighted by Gasteiger charge is -2.14. The van der Waals surface area contributed by atoms with Crippen molar-refractivity contribution in [2.75, 3.05) is 26.6 Å². The fraction of sp³-hybridized carbons (Fsp3) is 0.231. The molecule has 106 valence electrons. The van der Waals surface area contributed by atoms with Gasteiger partial charge in [0.25, 0.3) is 5.91 Å². The number of hydrogen-bond acceptors (Lipinski definition) is 6. The van der Waals surface area contributed by atoms with Crippen LogP contribution in [0, 0.1) is 0 Å². The maximum absolute atomic E-state index is 12.3. The van der Waals surface area contributed by atoms with Gasteiger partial charge in [-0.3, -0.25) is 10.1 Å². The molecule has 0 fully saturated rings. The first-order valence-corrected chi connectivity index (χ1v) is 6.58. The van der Waals surface area contributed by atoms with E-state index in [2.05, 4.69) is 10.3 Å². The van der Waals surface area contributed by atoms with Crippen LogP contribution in [0.15, 0.2) is 23.7 Å². The predicted molar refractivity (Wildman–Crippen MR) is 76.2 cm³/mol. The minimum Gasteiger partial charge on any atom is -0.496 e. The average molecular weight is 294 g/mol. The summed E-state index contributed by atoms with van der Waals surface area (Å²) in [7, 11) is 4.49. The van der Waals surface area contributed by atoms with E-state index in [1.54, 1.807) is 23.7 Å². The molecule has 0 aliphatic rings. The molecule has 20 heavy (non-hydrogen) atoms. The Bertz CT molecular complexity index is 573. The summed E-state index contributed by atoms with van der Waals surface area (Å²) in [5.74, 6) is 0.936. The first-order chi connectivity index (χ1) is 9.69. The highest BCUT2D eigenvalue weighted by molar-refractivity contribution is 7.13. The summed E-state index contributed by atoms with van der Waals surface area (Å²) in [6, 6.07) is 3.25. The largest absolute Gasteiger partial charge is 0.496 e. The van der Waals surface area contributed by atoms with E-state index in [-0.39, 0.29) is 5.91 Å². The van der Waals surface area contributed by atoms with Crippen molar-refractivity contribution in [3.8, 4) is 17.2 Å². The minimum atomic E-state index is -0.351. The Kier molecular flexibility index (Phi) is 4.41. The maximum atomic E-state index is 12.3. The predicted octanol–water partition coefficient (Wildman–Crippen LogP) is 2.42. The molecule has 1 aromatic heterocycles. The smallest absolute Gasteiger partial charge is 0.265 e. The number of carbonyl (C=O) groups excluding carboxylic acids is 1. The molecule has 0 bridgehead atoms. The van der Waals surface area contributed by atoms with Crippen LogP contribution in [0.1, 0.15) is 10.4 Å². The average Bonchev–Trinajstić information content (AvgIpc) is 2.98. The van der Waals surface area contributed by atoms with Crippen molar-refractivity contribution in [2.45, 2.75) is 0 Å². The number of amides is 1. The van der Waals surface area contributed by atoms with Crippen molar-refractivity contribution in [1.29, 1.82) is 0 Å². The Morgan fingerprint density at radius 2 is 1.80 bits per heavy atom. The number of ether oxygens (including phenoxy) is 3. The second kappa shape index (κ2) is 6.25. The summed E-state index contributed by atoms with van der Waals surface area (Å²) in [5, 5.41) is 4.98. The van der Waals surface area contributed by atoms with Gasteiger partial charge in [0.1, 0.15) is 22.8 Å². The molecule has 0 aliphatic carbocycles. The van der Waals surface area contributed by atoms with Gasteiger partial charge in [0.2, 0.25) is 0 Å². The molecule has 1 aromatic carbocycles. The molecule has 2 aromatic rings. The zero-order chi connectivity index (χ0) is 14.5. The first-order valence-electron chi connectivity index (χ1n) is 5.70. The molecule has 0 spiro atoms. The van der Waals surface area contributed by atoms with Crippen LogP contribution in [0.3, 0.4) is 0 Å². The van der Waals surface area contributed by atoms with Crippen LogP contribution in [0.4, 0.5) is 5.13 Å². The number of carbonyl (C=O) groups is 1. The summed E-state index contributed by atoms with van der Waals surface area (Å²) in [4.78, 5) is 16.3. The Morgan fingerprint density at radius 3 is 2.25 bits per heavy atom. The fourth-order valence-corrected chi connectivity index (χ4v) is 2.20. The van der Waals surface area contributed by atoms with Gasteiger partial charge in [0.15, 0.2) is 5.13 Å². The Hall–Kier alpha value is -2.28. The number of nitrogens with zero attached hydrogens (tertiary/aromatic N) is 1. The molecule has 0 saturated heterocycles. The third kappa shape index (κ3) is 2.83. The van der Waals surface area contributed by atoms with Crippen molar-refractivity contribution in [2.24, 2.45) is 0 Å². The Balaban J connectivity index is 2.40. The SMILES string of the molecule is COc1cc(OC)c(C(=O)Nc2nccs2)c(OC)c1. The molecule has 2 rings (SSSR count).